The molecule has 2 rings (SSSR count). The van der Waals surface area contributed by atoms with Crippen molar-refractivity contribution >= 4 is 5.69 Å². The van der Waals surface area contributed by atoms with Crippen LogP contribution in [0.2, 0.25) is 0 Å². The molecule has 2 atom stereocenters. The fraction of sp³-hybridized carbons (Fsp3) is 0.615. The van der Waals surface area contributed by atoms with Crippen LogP contribution in [-0.4, -0.2) is 29.3 Å². The molecule has 1 aromatic heterocycles. The summed E-state index contributed by atoms with van der Waals surface area (Å²) in [5.74, 6) is 0. The quantitative estimate of drug-likeness (QED) is 0.829. The monoisotopic (exact) mass is 235 g/mol. The van der Waals surface area contributed by atoms with Crippen molar-refractivity contribution < 1.29 is 5.11 Å². The molecular formula is C13H21N3O. The van der Waals surface area contributed by atoms with Gasteiger partial charge in [0.25, 0.3) is 0 Å². The van der Waals surface area contributed by atoms with E-state index in [1.54, 1.807) is 0 Å². The zero-order chi connectivity index (χ0) is 12.3. The van der Waals surface area contributed by atoms with E-state index in [1.807, 2.05) is 12.3 Å². The van der Waals surface area contributed by atoms with E-state index in [2.05, 4.69) is 22.9 Å². The van der Waals surface area contributed by atoms with Gasteiger partial charge in [0.15, 0.2) is 0 Å². The lowest BCUT2D eigenvalue weighted by Crippen LogP contribution is -2.32. The Morgan fingerprint density at radius 2 is 2.41 bits per heavy atom. The number of nitrogens with zero attached hydrogens (tertiary/aromatic N) is 2. The number of hydrogen-bond donors (Lipinski definition) is 2. The SMILES string of the molecule is CCC(N)c1ccc(N2CCCC2CO)cn1. The molecule has 1 aromatic rings. The topological polar surface area (TPSA) is 62.4 Å². The predicted molar refractivity (Wildman–Crippen MR) is 68.9 cm³/mol. The Bertz CT molecular complexity index is 352. The van der Waals surface area contributed by atoms with Gasteiger partial charge in [-0.1, -0.05) is 6.92 Å². The highest BCUT2D eigenvalue weighted by Crippen LogP contribution is 2.25. The van der Waals surface area contributed by atoms with Crippen LogP contribution < -0.4 is 10.6 Å². The zero-order valence-corrected chi connectivity index (χ0v) is 10.3. The van der Waals surface area contributed by atoms with Gasteiger partial charge in [0.2, 0.25) is 0 Å². The van der Waals surface area contributed by atoms with Crippen LogP contribution in [0.3, 0.4) is 0 Å². The van der Waals surface area contributed by atoms with Gasteiger partial charge >= 0.3 is 0 Å². The molecular weight excluding hydrogens is 214 g/mol. The molecule has 0 aromatic carbocycles. The molecule has 94 valence electrons. The number of aliphatic hydroxyl groups excluding tert-OH is 1. The minimum Gasteiger partial charge on any atom is -0.394 e. The fourth-order valence-electron chi connectivity index (χ4n) is 2.36. The maximum atomic E-state index is 9.30. The Balaban J connectivity index is 2.12. The van der Waals surface area contributed by atoms with Crippen LogP contribution in [-0.2, 0) is 0 Å². The highest BCUT2D eigenvalue weighted by Gasteiger charge is 2.24. The number of aromatic nitrogens is 1. The summed E-state index contributed by atoms with van der Waals surface area (Å²) >= 11 is 0. The standard InChI is InChI=1S/C13H21N3O/c1-2-12(14)13-6-5-10(8-15-13)16-7-3-4-11(16)9-17/h5-6,8,11-12,17H,2-4,7,9,14H2,1H3. The lowest BCUT2D eigenvalue weighted by molar-refractivity contribution is 0.266. The molecule has 0 aliphatic carbocycles. The summed E-state index contributed by atoms with van der Waals surface area (Å²) in [4.78, 5) is 6.64. The molecule has 3 N–H and O–H groups in total. The third kappa shape index (κ3) is 2.58. The highest BCUT2D eigenvalue weighted by atomic mass is 16.3. The molecule has 1 aliphatic heterocycles. The molecule has 4 nitrogen and oxygen atoms in total. The summed E-state index contributed by atoms with van der Waals surface area (Å²) < 4.78 is 0. The van der Waals surface area contributed by atoms with E-state index in [0.717, 1.165) is 37.2 Å². The summed E-state index contributed by atoms with van der Waals surface area (Å²) in [5.41, 5.74) is 7.97. The Hall–Kier alpha value is -1.13. The molecule has 4 heteroatoms. The second-order valence-electron chi connectivity index (χ2n) is 4.63. The summed E-state index contributed by atoms with van der Waals surface area (Å²) in [6, 6.07) is 4.33. The maximum Gasteiger partial charge on any atom is 0.0635 e. The van der Waals surface area contributed by atoms with Crippen molar-refractivity contribution in [3.8, 4) is 0 Å². The van der Waals surface area contributed by atoms with Crippen LogP contribution in [0.1, 0.15) is 37.9 Å². The van der Waals surface area contributed by atoms with E-state index < -0.39 is 0 Å². The average Bonchev–Trinajstić information content (AvgIpc) is 2.86. The second kappa shape index (κ2) is 5.47. The van der Waals surface area contributed by atoms with Crippen molar-refractivity contribution in [3.05, 3.63) is 24.0 Å². The number of nitrogens with two attached hydrogens (primary N) is 1. The van der Waals surface area contributed by atoms with E-state index in [9.17, 15) is 5.11 Å². The third-order valence-electron chi connectivity index (χ3n) is 3.51. The van der Waals surface area contributed by atoms with Crippen LogP contribution in [0.25, 0.3) is 0 Å². The zero-order valence-electron chi connectivity index (χ0n) is 10.3. The van der Waals surface area contributed by atoms with Crippen molar-refractivity contribution in [3.63, 3.8) is 0 Å². The van der Waals surface area contributed by atoms with Crippen LogP contribution >= 0.6 is 0 Å². The maximum absolute atomic E-state index is 9.30. The van der Waals surface area contributed by atoms with Gasteiger partial charge in [-0.15, -0.1) is 0 Å². The molecule has 0 radical (unpaired) electrons. The van der Waals surface area contributed by atoms with Gasteiger partial charge in [0.1, 0.15) is 0 Å². The fourth-order valence-corrected chi connectivity index (χ4v) is 2.36. The Morgan fingerprint density at radius 1 is 1.59 bits per heavy atom. The van der Waals surface area contributed by atoms with Crippen molar-refractivity contribution in [1.82, 2.24) is 4.98 Å². The lowest BCUT2D eigenvalue weighted by Gasteiger charge is -2.25. The van der Waals surface area contributed by atoms with E-state index >= 15 is 0 Å². The highest BCUT2D eigenvalue weighted by molar-refractivity contribution is 5.47. The van der Waals surface area contributed by atoms with Gasteiger partial charge < -0.3 is 15.7 Å². The smallest absolute Gasteiger partial charge is 0.0635 e. The van der Waals surface area contributed by atoms with Gasteiger partial charge in [0, 0.05) is 12.6 Å². The van der Waals surface area contributed by atoms with Gasteiger partial charge in [-0.3, -0.25) is 4.98 Å². The Morgan fingerprint density at radius 3 is 3.00 bits per heavy atom. The molecule has 2 heterocycles. The third-order valence-corrected chi connectivity index (χ3v) is 3.51. The van der Waals surface area contributed by atoms with E-state index in [4.69, 9.17) is 5.73 Å². The first-order chi connectivity index (χ1) is 8.26. The number of anilines is 1. The molecule has 0 spiro atoms. The largest absolute Gasteiger partial charge is 0.394 e. The normalized spacial score (nSPS) is 21.8. The van der Waals surface area contributed by atoms with Gasteiger partial charge in [-0.25, -0.2) is 0 Å². The van der Waals surface area contributed by atoms with Gasteiger partial charge in [0.05, 0.1) is 30.2 Å². The lowest BCUT2D eigenvalue weighted by atomic mass is 10.1. The number of hydrogen-bond acceptors (Lipinski definition) is 4. The molecule has 1 fully saturated rings. The molecule has 1 saturated heterocycles. The molecule has 0 bridgehead atoms. The number of aliphatic hydroxyl groups is 1. The minimum atomic E-state index is 0.0243. The first-order valence-electron chi connectivity index (χ1n) is 6.35. The molecule has 0 amide bonds. The number of pyridine rings is 1. The van der Waals surface area contributed by atoms with Crippen molar-refractivity contribution in [2.24, 2.45) is 5.73 Å². The minimum absolute atomic E-state index is 0.0243. The Labute approximate surface area is 102 Å². The first kappa shape index (κ1) is 12.3. The molecule has 17 heavy (non-hydrogen) atoms. The van der Waals surface area contributed by atoms with Crippen molar-refractivity contribution in [2.75, 3.05) is 18.1 Å². The van der Waals surface area contributed by atoms with E-state index in [-0.39, 0.29) is 18.7 Å². The summed E-state index contributed by atoms with van der Waals surface area (Å²) in [6.45, 7) is 3.28. The van der Waals surface area contributed by atoms with Gasteiger partial charge in [-0.2, -0.15) is 0 Å². The summed E-state index contributed by atoms with van der Waals surface area (Å²) in [7, 11) is 0. The predicted octanol–water partition coefficient (Wildman–Crippen LogP) is 1.45. The van der Waals surface area contributed by atoms with Crippen LogP contribution in [0.4, 0.5) is 5.69 Å². The van der Waals surface area contributed by atoms with Crippen molar-refractivity contribution in [1.29, 1.82) is 0 Å². The summed E-state index contributed by atoms with van der Waals surface area (Å²) in [6.07, 6.45) is 4.97. The van der Waals surface area contributed by atoms with E-state index in [0.29, 0.717) is 0 Å². The first-order valence-corrected chi connectivity index (χ1v) is 6.35. The van der Waals surface area contributed by atoms with Crippen LogP contribution in [0, 0.1) is 0 Å². The average molecular weight is 235 g/mol. The molecule has 1 aliphatic rings. The second-order valence-corrected chi connectivity index (χ2v) is 4.63. The van der Waals surface area contributed by atoms with Crippen LogP contribution in [0.5, 0.6) is 0 Å². The van der Waals surface area contributed by atoms with Crippen LogP contribution in [0.15, 0.2) is 18.3 Å². The molecule has 2 unspecified atom stereocenters. The van der Waals surface area contributed by atoms with Gasteiger partial charge in [-0.05, 0) is 31.4 Å². The summed E-state index contributed by atoms with van der Waals surface area (Å²) in [5, 5.41) is 9.30. The Kier molecular flexibility index (Phi) is 3.97. The van der Waals surface area contributed by atoms with Crippen molar-refractivity contribution in [2.45, 2.75) is 38.3 Å². The number of rotatable bonds is 4. The molecule has 0 saturated carbocycles. The van der Waals surface area contributed by atoms with E-state index in [1.165, 1.54) is 0 Å².